The van der Waals surface area contributed by atoms with Crippen molar-refractivity contribution in [3.05, 3.63) is 59.7 Å². The zero-order chi connectivity index (χ0) is 13.5. The van der Waals surface area contributed by atoms with Gasteiger partial charge in [-0.1, -0.05) is 55.5 Å². The van der Waals surface area contributed by atoms with Gasteiger partial charge in [0.25, 0.3) is 0 Å². The molecule has 0 spiro atoms. The summed E-state index contributed by atoms with van der Waals surface area (Å²) in [5.41, 5.74) is 2.70. The highest BCUT2D eigenvalue weighted by Crippen LogP contribution is 2.53. The molecule has 2 nitrogen and oxygen atoms in total. The number of rotatable bonds is 2. The monoisotopic (exact) mass is 254 g/mol. The molecule has 2 aliphatic rings. The number of carbonyl (C=O) groups is 1. The molecule has 0 heterocycles. The van der Waals surface area contributed by atoms with Gasteiger partial charge in [-0.05, 0) is 11.1 Å². The fourth-order valence-corrected chi connectivity index (χ4v) is 3.48. The Morgan fingerprint density at radius 3 is 2.89 bits per heavy atom. The quantitative estimate of drug-likeness (QED) is 0.757. The van der Waals surface area contributed by atoms with Crippen LogP contribution >= 0.6 is 0 Å². The highest BCUT2D eigenvalue weighted by atomic mass is 16.5. The lowest BCUT2D eigenvalue weighted by Gasteiger charge is -2.32. The van der Waals surface area contributed by atoms with E-state index >= 15 is 0 Å². The van der Waals surface area contributed by atoms with Crippen molar-refractivity contribution in [3.63, 3.8) is 0 Å². The van der Waals surface area contributed by atoms with Crippen molar-refractivity contribution in [2.45, 2.75) is 25.2 Å². The van der Waals surface area contributed by atoms with E-state index in [0.717, 1.165) is 0 Å². The second kappa shape index (κ2) is 4.37. The minimum Gasteiger partial charge on any atom is -0.465 e. The van der Waals surface area contributed by atoms with Crippen LogP contribution in [0.1, 0.15) is 30.9 Å². The lowest BCUT2D eigenvalue weighted by Crippen LogP contribution is -2.29. The summed E-state index contributed by atoms with van der Waals surface area (Å²) in [6.07, 6.45) is 8.72. The van der Waals surface area contributed by atoms with Crippen molar-refractivity contribution >= 4 is 5.97 Å². The summed E-state index contributed by atoms with van der Waals surface area (Å²) in [7, 11) is 0. The van der Waals surface area contributed by atoms with E-state index in [1.54, 1.807) is 0 Å². The molecule has 98 valence electrons. The minimum absolute atomic E-state index is 0.0240. The maximum absolute atomic E-state index is 11.1. The number of hydrogen-bond donors (Lipinski definition) is 0. The number of fused-ring (bicyclic) bond motifs is 3. The Bertz CT molecular complexity index is 570. The van der Waals surface area contributed by atoms with Crippen molar-refractivity contribution in [3.8, 4) is 0 Å². The molecular formula is C17H18O2. The van der Waals surface area contributed by atoms with E-state index in [4.69, 9.17) is 4.74 Å². The van der Waals surface area contributed by atoms with Crippen LogP contribution in [0.5, 0.6) is 0 Å². The van der Waals surface area contributed by atoms with Crippen LogP contribution in [0.2, 0.25) is 0 Å². The first-order chi connectivity index (χ1) is 9.13. The number of ether oxygens (including phenoxy) is 1. The Labute approximate surface area is 113 Å². The van der Waals surface area contributed by atoms with Crippen LogP contribution in [0, 0.1) is 5.92 Å². The highest BCUT2D eigenvalue weighted by molar-refractivity contribution is 5.66. The number of allylic oxidation sites excluding steroid dienone is 4. The van der Waals surface area contributed by atoms with E-state index in [-0.39, 0.29) is 17.3 Å². The van der Waals surface area contributed by atoms with E-state index in [9.17, 15) is 4.79 Å². The third kappa shape index (κ3) is 1.83. The molecule has 0 aliphatic heterocycles. The number of benzene rings is 1. The fraction of sp³-hybridized carbons (Fsp3) is 0.353. The van der Waals surface area contributed by atoms with Crippen LogP contribution in [-0.4, -0.2) is 12.6 Å². The fourth-order valence-electron chi connectivity index (χ4n) is 3.48. The molecule has 0 radical (unpaired) electrons. The smallest absolute Gasteiger partial charge is 0.302 e. The van der Waals surface area contributed by atoms with Gasteiger partial charge in [-0.3, -0.25) is 4.79 Å². The molecule has 3 rings (SSSR count). The first-order valence-electron chi connectivity index (χ1n) is 6.72. The molecule has 0 aromatic heterocycles. The Kier molecular flexibility index (Phi) is 2.81. The molecule has 0 amide bonds. The molecule has 0 bridgehead atoms. The predicted molar refractivity (Wildman–Crippen MR) is 74.9 cm³/mol. The molecule has 1 aromatic rings. The molecule has 0 fully saturated rings. The Morgan fingerprint density at radius 1 is 1.32 bits per heavy atom. The van der Waals surface area contributed by atoms with Crippen molar-refractivity contribution < 1.29 is 9.53 Å². The second-order valence-electron chi connectivity index (χ2n) is 5.55. The molecule has 19 heavy (non-hydrogen) atoms. The van der Waals surface area contributed by atoms with Gasteiger partial charge in [-0.15, -0.1) is 0 Å². The van der Waals surface area contributed by atoms with Gasteiger partial charge in [0, 0.05) is 24.2 Å². The van der Waals surface area contributed by atoms with E-state index in [0.29, 0.717) is 12.5 Å². The normalized spacial score (nSPS) is 30.8. The Morgan fingerprint density at radius 2 is 2.11 bits per heavy atom. The van der Waals surface area contributed by atoms with Crippen LogP contribution in [0.25, 0.3) is 0 Å². The summed E-state index contributed by atoms with van der Waals surface area (Å²) < 4.78 is 5.28. The van der Waals surface area contributed by atoms with Gasteiger partial charge in [0.2, 0.25) is 0 Å². The van der Waals surface area contributed by atoms with E-state index in [2.05, 4.69) is 55.5 Å². The van der Waals surface area contributed by atoms with Crippen LogP contribution in [0.15, 0.2) is 48.6 Å². The number of hydrogen-bond acceptors (Lipinski definition) is 2. The maximum Gasteiger partial charge on any atom is 0.302 e. The molecule has 2 aliphatic carbocycles. The average Bonchev–Trinajstić information content (AvgIpc) is 2.66. The van der Waals surface area contributed by atoms with Gasteiger partial charge >= 0.3 is 5.97 Å². The van der Waals surface area contributed by atoms with Gasteiger partial charge in [0.1, 0.15) is 0 Å². The summed E-state index contributed by atoms with van der Waals surface area (Å²) in [4.78, 5) is 11.1. The second-order valence-corrected chi connectivity index (χ2v) is 5.55. The van der Waals surface area contributed by atoms with Gasteiger partial charge in [-0.25, -0.2) is 0 Å². The summed E-state index contributed by atoms with van der Waals surface area (Å²) in [5.74, 6) is 0.418. The van der Waals surface area contributed by atoms with E-state index in [1.165, 1.54) is 18.1 Å². The Balaban J connectivity index is 2.03. The lowest BCUT2D eigenvalue weighted by molar-refractivity contribution is -0.141. The summed E-state index contributed by atoms with van der Waals surface area (Å²) in [5, 5.41) is 0. The topological polar surface area (TPSA) is 26.3 Å². The van der Waals surface area contributed by atoms with Crippen molar-refractivity contribution in [2.75, 3.05) is 6.61 Å². The van der Waals surface area contributed by atoms with Gasteiger partial charge in [0.05, 0.1) is 6.61 Å². The van der Waals surface area contributed by atoms with Gasteiger partial charge < -0.3 is 4.74 Å². The van der Waals surface area contributed by atoms with Crippen LogP contribution in [-0.2, 0) is 14.9 Å². The van der Waals surface area contributed by atoms with Gasteiger partial charge in [0.15, 0.2) is 0 Å². The molecule has 1 aromatic carbocycles. The first-order valence-corrected chi connectivity index (χ1v) is 6.72. The number of esters is 1. The molecule has 0 N–H and O–H groups in total. The molecule has 3 atom stereocenters. The van der Waals surface area contributed by atoms with Crippen molar-refractivity contribution in [1.82, 2.24) is 0 Å². The predicted octanol–water partition coefficient (Wildman–Crippen LogP) is 3.35. The third-order valence-electron chi connectivity index (χ3n) is 4.40. The van der Waals surface area contributed by atoms with E-state index < -0.39 is 0 Å². The lowest BCUT2D eigenvalue weighted by atomic mass is 9.72. The zero-order valence-electron chi connectivity index (χ0n) is 11.3. The standard InChI is InChI=1S/C17H18O2/c1-12(18)19-11-14-13-7-3-4-8-15(13)17(2)10-6-5-9-16(14)17/h3-10,14,16H,11H2,1-2H3. The maximum atomic E-state index is 11.1. The number of carbonyl (C=O) groups excluding carboxylic acids is 1. The average molecular weight is 254 g/mol. The Hall–Kier alpha value is -1.83. The minimum atomic E-state index is -0.207. The molecule has 0 saturated heterocycles. The van der Waals surface area contributed by atoms with Crippen LogP contribution in [0.4, 0.5) is 0 Å². The largest absolute Gasteiger partial charge is 0.465 e. The summed E-state index contributed by atoms with van der Waals surface area (Å²) in [6.45, 7) is 4.20. The SMILES string of the molecule is CC(=O)OCC1c2ccccc2C2(C)C=CC=CC12. The molecule has 3 unspecified atom stereocenters. The molecule has 2 heteroatoms. The van der Waals surface area contributed by atoms with Crippen molar-refractivity contribution in [2.24, 2.45) is 5.92 Å². The molecular weight excluding hydrogens is 236 g/mol. The zero-order valence-corrected chi connectivity index (χ0v) is 11.3. The summed E-state index contributed by atoms with van der Waals surface area (Å²) >= 11 is 0. The molecule has 0 saturated carbocycles. The third-order valence-corrected chi connectivity index (χ3v) is 4.40. The van der Waals surface area contributed by atoms with E-state index in [1.807, 2.05) is 0 Å². The van der Waals surface area contributed by atoms with Crippen LogP contribution in [0.3, 0.4) is 0 Å². The van der Waals surface area contributed by atoms with Crippen molar-refractivity contribution in [1.29, 1.82) is 0 Å². The highest BCUT2D eigenvalue weighted by Gasteiger charge is 2.47. The van der Waals surface area contributed by atoms with Crippen LogP contribution < -0.4 is 0 Å². The first kappa shape index (κ1) is 12.2. The van der Waals surface area contributed by atoms with Gasteiger partial charge in [-0.2, -0.15) is 0 Å². The summed E-state index contributed by atoms with van der Waals surface area (Å²) in [6, 6.07) is 8.50.